The van der Waals surface area contributed by atoms with E-state index in [0.29, 0.717) is 24.7 Å². The third-order valence-electron chi connectivity index (χ3n) is 7.09. The van der Waals surface area contributed by atoms with E-state index in [4.69, 9.17) is 15.7 Å². The summed E-state index contributed by atoms with van der Waals surface area (Å²) in [7, 11) is 0. The summed E-state index contributed by atoms with van der Waals surface area (Å²) in [5.41, 5.74) is 12.7. The highest BCUT2D eigenvalue weighted by molar-refractivity contribution is 6.11. The fourth-order valence-electron chi connectivity index (χ4n) is 5.08. The SMILES string of the molecule is C=Cc1ccccc1C1=N/C(C)=C(\C)C=NCC(NC2CCN(C3CCCC3N)CC2)=C1. The van der Waals surface area contributed by atoms with Crippen molar-refractivity contribution in [3.05, 3.63) is 65.0 Å². The Morgan fingerprint density at radius 3 is 2.62 bits per heavy atom. The normalized spacial score (nSPS) is 27.8. The summed E-state index contributed by atoms with van der Waals surface area (Å²) in [6.45, 7) is 11.0. The summed E-state index contributed by atoms with van der Waals surface area (Å²) in [6, 6.07) is 9.70. The molecule has 0 spiro atoms. The molecule has 32 heavy (non-hydrogen) atoms. The van der Waals surface area contributed by atoms with Gasteiger partial charge in [0.15, 0.2) is 0 Å². The molecule has 2 fully saturated rings. The number of likely N-dealkylation sites (tertiary alicyclic amines) is 1. The lowest BCUT2D eigenvalue weighted by molar-refractivity contribution is 0.138. The summed E-state index contributed by atoms with van der Waals surface area (Å²) in [4.78, 5) is 12.3. The van der Waals surface area contributed by atoms with E-state index in [1.54, 1.807) is 0 Å². The highest BCUT2D eigenvalue weighted by Gasteiger charge is 2.32. The minimum absolute atomic E-state index is 0.355. The van der Waals surface area contributed by atoms with Gasteiger partial charge in [-0.25, -0.2) is 0 Å². The van der Waals surface area contributed by atoms with E-state index in [-0.39, 0.29) is 0 Å². The monoisotopic (exact) mass is 431 g/mol. The molecule has 0 radical (unpaired) electrons. The maximum atomic E-state index is 6.35. The van der Waals surface area contributed by atoms with E-state index in [2.05, 4.69) is 48.0 Å². The molecule has 2 atom stereocenters. The summed E-state index contributed by atoms with van der Waals surface area (Å²) in [6.07, 6.45) is 12.0. The van der Waals surface area contributed by atoms with Crippen molar-refractivity contribution in [2.24, 2.45) is 15.7 Å². The predicted molar refractivity (Wildman–Crippen MR) is 136 cm³/mol. The minimum Gasteiger partial charge on any atom is -0.384 e. The van der Waals surface area contributed by atoms with Crippen LogP contribution < -0.4 is 11.1 Å². The standard InChI is InChI=1S/C27H37N5/c1-4-21-8-5-6-9-24(21)26-16-23(18-29-17-19(2)20(3)30-26)31-22-12-14-32(15-13-22)27-11-7-10-25(27)28/h4-6,8-9,16-17,22,25,27,31H,1,7,10-15,18,28H2,2-3H3/b20-19+,23-16?,29-17?,30-26?. The smallest absolute Gasteiger partial charge is 0.0787 e. The first-order chi connectivity index (χ1) is 15.5. The van der Waals surface area contributed by atoms with Crippen molar-refractivity contribution >= 4 is 18.0 Å². The van der Waals surface area contributed by atoms with Gasteiger partial charge in [0.2, 0.25) is 0 Å². The van der Waals surface area contributed by atoms with Crippen molar-refractivity contribution in [1.82, 2.24) is 10.2 Å². The quantitative estimate of drug-likeness (QED) is 0.730. The lowest BCUT2D eigenvalue weighted by Crippen LogP contribution is -2.50. The van der Waals surface area contributed by atoms with Crippen LogP contribution in [0.25, 0.3) is 6.08 Å². The molecule has 1 saturated carbocycles. The molecule has 3 aliphatic rings. The second kappa shape index (κ2) is 10.4. The zero-order valence-electron chi connectivity index (χ0n) is 19.6. The summed E-state index contributed by atoms with van der Waals surface area (Å²) >= 11 is 0. The van der Waals surface area contributed by atoms with E-state index in [9.17, 15) is 0 Å². The van der Waals surface area contributed by atoms with Gasteiger partial charge in [0.05, 0.1) is 12.3 Å². The number of hydrogen-bond acceptors (Lipinski definition) is 5. The van der Waals surface area contributed by atoms with Gasteiger partial charge in [-0.05, 0) is 56.7 Å². The van der Waals surface area contributed by atoms with Crippen LogP contribution in [0.5, 0.6) is 0 Å². The third kappa shape index (κ3) is 5.28. The number of benzene rings is 1. The molecule has 0 bridgehead atoms. The van der Waals surface area contributed by atoms with Crippen LogP contribution in [0, 0.1) is 0 Å². The van der Waals surface area contributed by atoms with Crippen molar-refractivity contribution in [1.29, 1.82) is 0 Å². The van der Waals surface area contributed by atoms with Gasteiger partial charge in [-0.1, -0.05) is 43.3 Å². The van der Waals surface area contributed by atoms with Gasteiger partial charge >= 0.3 is 0 Å². The van der Waals surface area contributed by atoms with Gasteiger partial charge in [0.25, 0.3) is 0 Å². The molecule has 2 unspecified atom stereocenters. The van der Waals surface area contributed by atoms with Crippen LogP contribution in [0.4, 0.5) is 0 Å². The van der Waals surface area contributed by atoms with E-state index in [1.807, 2.05) is 25.3 Å². The minimum atomic E-state index is 0.355. The number of nitrogens with two attached hydrogens (primary N) is 1. The summed E-state index contributed by atoms with van der Waals surface area (Å²) in [5, 5.41) is 3.81. The number of hydrogen-bond donors (Lipinski definition) is 2. The Labute approximate surface area is 192 Å². The molecule has 1 aromatic carbocycles. The van der Waals surface area contributed by atoms with Gasteiger partial charge in [-0.3, -0.25) is 14.9 Å². The van der Waals surface area contributed by atoms with Crippen LogP contribution in [-0.4, -0.2) is 54.6 Å². The highest BCUT2D eigenvalue weighted by Crippen LogP contribution is 2.26. The Kier molecular flexibility index (Phi) is 7.38. The molecular weight excluding hydrogens is 394 g/mol. The van der Waals surface area contributed by atoms with Crippen LogP contribution >= 0.6 is 0 Å². The summed E-state index contributed by atoms with van der Waals surface area (Å²) in [5.74, 6) is 0. The lowest BCUT2D eigenvalue weighted by Gasteiger charge is -2.38. The fourth-order valence-corrected chi connectivity index (χ4v) is 5.08. The number of nitrogens with zero attached hydrogens (tertiary/aromatic N) is 3. The van der Waals surface area contributed by atoms with Gasteiger partial charge < -0.3 is 11.1 Å². The Morgan fingerprint density at radius 1 is 1.12 bits per heavy atom. The Morgan fingerprint density at radius 2 is 1.91 bits per heavy atom. The van der Waals surface area contributed by atoms with E-state index < -0.39 is 0 Å². The molecule has 5 nitrogen and oxygen atoms in total. The van der Waals surface area contributed by atoms with Crippen molar-refractivity contribution in [2.75, 3.05) is 19.6 Å². The second-order valence-electron chi connectivity index (χ2n) is 9.31. The maximum Gasteiger partial charge on any atom is 0.0787 e. The van der Waals surface area contributed by atoms with E-state index in [1.165, 1.54) is 19.3 Å². The average Bonchev–Trinajstić information content (AvgIpc) is 3.26. The number of aliphatic imine (C=N–C) groups is 2. The number of nitrogens with one attached hydrogen (secondary N) is 1. The number of allylic oxidation sites excluding steroid dienone is 3. The molecule has 2 heterocycles. The van der Waals surface area contributed by atoms with Gasteiger partial charge in [-0.2, -0.15) is 0 Å². The Bertz CT molecular complexity index is 947. The van der Waals surface area contributed by atoms with Crippen molar-refractivity contribution < 1.29 is 0 Å². The fraction of sp³-hybridized carbons (Fsp3) is 0.481. The van der Waals surface area contributed by atoms with Gasteiger partial charge in [0.1, 0.15) is 0 Å². The molecule has 4 rings (SSSR count). The molecule has 2 aliphatic heterocycles. The van der Waals surface area contributed by atoms with Crippen LogP contribution in [0.1, 0.15) is 57.1 Å². The zero-order valence-corrected chi connectivity index (χ0v) is 19.6. The topological polar surface area (TPSA) is 66.0 Å². The first-order valence-electron chi connectivity index (χ1n) is 12.0. The van der Waals surface area contributed by atoms with E-state index >= 15 is 0 Å². The lowest BCUT2D eigenvalue weighted by atomic mass is 9.99. The first-order valence-corrected chi connectivity index (χ1v) is 12.0. The van der Waals surface area contributed by atoms with Crippen LogP contribution in [0.2, 0.25) is 0 Å². The number of piperidine rings is 1. The van der Waals surface area contributed by atoms with Crippen LogP contribution in [0.3, 0.4) is 0 Å². The molecule has 1 aromatic rings. The number of rotatable bonds is 5. The van der Waals surface area contributed by atoms with E-state index in [0.717, 1.165) is 59.7 Å². The van der Waals surface area contributed by atoms with Crippen LogP contribution in [0.15, 0.2) is 63.9 Å². The maximum absolute atomic E-state index is 6.35. The third-order valence-corrected chi connectivity index (χ3v) is 7.09. The average molecular weight is 432 g/mol. The van der Waals surface area contributed by atoms with Crippen molar-refractivity contribution in [2.45, 2.75) is 64.1 Å². The molecule has 1 saturated heterocycles. The van der Waals surface area contributed by atoms with Crippen molar-refractivity contribution in [3.63, 3.8) is 0 Å². The molecule has 0 amide bonds. The summed E-state index contributed by atoms with van der Waals surface area (Å²) < 4.78 is 0. The molecule has 5 heteroatoms. The first kappa shape index (κ1) is 22.7. The van der Waals surface area contributed by atoms with Gasteiger partial charge in [-0.15, -0.1) is 0 Å². The second-order valence-corrected chi connectivity index (χ2v) is 9.31. The Hall–Kier alpha value is -2.50. The molecule has 170 valence electrons. The Balaban J connectivity index is 1.52. The van der Waals surface area contributed by atoms with Gasteiger partial charge in [0, 0.05) is 54.4 Å². The molecule has 1 aliphatic carbocycles. The van der Waals surface area contributed by atoms with Crippen molar-refractivity contribution in [3.8, 4) is 0 Å². The molecule has 3 N–H and O–H groups in total. The zero-order chi connectivity index (χ0) is 22.5. The predicted octanol–water partition coefficient (Wildman–Crippen LogP) is 4.31. The largest absolute Gasteiger partial charge is 0.384 e. The molecule has 0 aromatic heterocycles. The van der Waals surface area contributed by atoms with Crippen LogP contribution in [-0.2, 0) is 0 Å². The highest BCUT2D eigenvalue weighted by atomic mass is 15.2. The molecular formula is C27H37N5.